The molecule has 1 unspecified atom stereocenters. The molecule has 8 heteroatoms. The Morgan fingerprint density at radius 2 is 1.92 bits per heavy atom. The highest BCUT2D eigenvalue weighted by Gasteiger charge is 2.22. The van der Waals surface area contributed by atoms with Crippen molar-refractivity contribution in [1.29, 1.82) is 0 Å². The van der Waals surface area contributed by atoms with E-state index in [1.54, 1.807) is 4.68 Å². The minimum Gasteiger partial charge on any atom is -0.325 e. The standard InChI is InChI=1S/C17H16BrN5OS/c1-2-15(16(24)19-13-10-8-12(18)9-11-13)25-17-20-21-22-23(17)14-6-4-3-5-7-14/h3-11,15H,2H2,1H3,(H,19,24). The van der Waals surface area contributed by atoms with Gasteiger partial charge in [-0.05, 0) is 53.2 Å². The molecule has 0 saturated heterocycles. The summed E-state index contributed by atoms with van der Waals surface area (Å²) in [5.74, 6) is -0.0718. The van der Waals surface area contributed by atoms with Gasteiger partial charge >= 0.3 is 0 Å². The summed E-state index contributed by atoms with van der Waals surface area (Å²) in [7, 11) is 0. The Kier molecular flexibility index (Phi) is 5.83. The van der Waals surface area contributed by atoms with Gasteiger partial charge in [0.1, 0.15) is 0 Å². The number of hydrogen-bond donors (Lipinski definition) is 1. The van der Waals surface area contributed by atoms with Crippen molar-refractivity contribution in [2.24, 2.45) is 0 Å². The molecule has 0 bridgehead atoms. The first kappa shape index (κ1) is 17.6. The van der Waals surface area contributed by atoms with Gasteiger partial charge in [0.25, 0.3) is 0 Å². The molecule has 1 amide bonds. The van der Waals surface area contributed by atoms with Crippen molar-refractivity contribution in [2.75, 3.05) is 5.32 Å². The quantitative estimate of drug-likeness (QED) is 0.614. The minimum atomic E-state index is -0.294. The third-order valence-electron chi connectivity index (χ3n) is 3.46. The zero-order valence-electron chi connectivity index (χ0n) is 13.5. The highest BCUT2D eigenvalue weighted by molar-refractivity contribution is 9.10. The predicted octanol–water partition coefficient (Wildman–Crippen LogP) is 3.93. The maximum absolute atomic E-state index is 12.6. The van der Waals surface area contributed by atoms with Gasteiger partial charge in [0.15, 0.2) is 0 Å². The lowest BCUT2D eigenvalue weighted by molar-refractivity contribution is -0.115. The number of thioether (sulfide) groups is 1. The Bertz CT molecular complexity index is 838. The molecule has 0 aliphatic rings. The van der Waals surface area contributed by atoms with E-state index in [9.17, 15) is 4.79 Å². The van der Waals surface area contributed by atoms with Crippen LogP contribution in [0.25, 0.3) is 5.69 Å². The van der Waals surface area contributed by atoms with Crippen molar-refractivity contribution < 1.29 is 4.79 Å². The van der Waals surface area contributed by atoms with E-state index >= 15 is 0 Å². The Morgan fingerprint density at radius 1 is 1.20 bits per heavy atom. The summed E-state index contributed by atoms with van der Waals surface area (Å²) in [6, 6.07) is 17.1. The summed E-state index contributed by atoms with van der Waals surface area (Å²) in [6.07, 6.45) is 0.661. The van der Waals surface area contributed by atoms with E-state index < -0.39 is 0 Å². The molecule has 0 aliphatic heterocycles. The van der Waals surface area contributed by atoms with Crippen LogP contribution in [0.1, 0.15) is 13.3 Å². The van der Waals surface area contributed by atoms with Gasteiger partial charge in [-0.2, -0.15) is 4.68 Å². The number of tetrazole rings is 1. The Hall–Kier alpha value is -2.19. The highest BCUT2D eigenvalue weighted by atomic mass is 79.9. The van der Waals surface area contributed by atoms with Crippen molar-refractivity contribution in [3.8, 4) is 5.69 Å². The Morgan fingerprint density at radius 3 is 2.60 bits per heavy atom. The molecule has 1 atom stereocenters. The van der Waals surface area contributed by atoms with Gasteiger partial charge in [0, 0.05) is 10.2 Å². The van der Waals surface area contributed by atoms with Crippen LogP contribution in [-0.4, -0.2) is 31.4 Å². The Labute approximate surface area is 158 Å². The zero-order valence-corrected chi connectivity index (χ0v) is 15.9. The first-order chi connectivity index (χ1) is 12.2. The summed E-state index contributed by atoms with van der Waals surface area (Å²) < 4.78 is 2.61. The van der Waals surface area contributed by atoms with Gasteiger partial charge < -0.3 is 5.32 Å². The second-order valence-electron chi connectivity index (χ2n) is 5.22. The number of amides is 1. The SMILES string of the molecule is CCC(Sc1nnnn1-c1ccccc1)C(=O)Nc1ccc(Br)cc1. The van der Waals surface area contributed by atoms with Crippen molar-refractivity contribution in [2.45, 2.75) is 23.8 Å². The van der Waals surface area contributed by atoms with Gasteiger partial charge in [-0.25, -0.2) is 0 Å². The summed E-state index contributed by atoms with van der Waals surface area (Å²) >= 11 is 4.74. The summed E-state index contributed by atoms with van der Waals surface area (Å²) in [5, 5.41) is 15.1. The molecule has 0 fully saturated rings. The molecule has 1 aromatic heterocycles. The molecule has 0 spiro atoms. The number of nitrogens with zero attached hydrogens (tertiary/aromatic N) is 4. The normalized spacial score (nSPS) is 11.9. The number of carbonyl (C=O) groups is 1. The van der Waals surface area contributed by atoms with E-state index in [1.807, 2.05) is 61.5 Å². The van der Waals surface area contributed by atoms with Gasteiger partial charge in [-0.15, -0.1) is 5.10 Å². The summed E-state index contributed by atoms with van der Waals surface area (Å²) in [5.41, 5.74) is 1.62. The van der Waals surface area contributed by atoms with Crippen molar-refractivity contribution in [3.05, 3.63) is 59.1 Å². The second-order valence-corrected chi connectivity index (χ2v) is 7.31. The first-order valence-electron chi connectivity index (χ1n) is 7.74. The van der Waals surface area contributed by atoms with Crippen molar-refractivity contribution >= 4 is 39.3 Å². The van der Waals surface area contributed by atoms with E-state index in [4.69, 9.17) is 0 Å². The third kappa shape index (κ3) is 4.46. The average Bonchev–Trinajstić information content (AvgIpc) is 3.10. The lowest BCUT2D eigenvalue weighted by Gasteiger charge is -2.14. The van der Waals surface area contributed by atoms with Crippen LogP contribution in [0.2, 0.25) is 0 Å². The van der Waals surface area contributed by atoms with Crippen LogP contribution in [0, 0.1) is 0 Å². The van der Waals surface area contributed by atoms with Crippen LogP contribution in [-0.2, 0) is 4.79 Å². The number of halogens is 1. The smallest absolute Gasteiger partial charge is 0.237 e. The number of aromatic nitrogens is 4. The molecule has 25 heavy (non-hydrogen) atoms. The van der Waals surface area contributed by atoms with Crippen LogP contribution in [0.4, 0.5) is 5.69 Å². The molecule has 0 radical (unpaired) electrons. The molecule has 3 rings (SSSR count). The number of para-hydroxylation sites is 1. The van der Waals surface area contributed by atoms with E-state index in [1.165, 1.54) is 11.8 Å². The van der Waals surface area contributed by atoms with Crippen LogP contribution >= 0.6 is 27.7 Å². The average molecular weight is 418 g/mol. The van der Waals surface area contributed by atoms with Gasteiger partial charge in [0.2, 0.25) is 11.1 Å². The maximum atomic E-state index is 12.6. The van der Waals surface area contributed by atoms with E-state index in [0.29, 0.717) is 11.6 Å². The lowest BCUT2D eigenvalue weighted by Crippen LogP contribution is -2.25. The predicted molar refractivity (Wildman–Crippen MR) is 102 cm³/mol. The fourth-order valence-corrected chi connectivity index (χ4v) is 3.37. The first-order valence-corrected chi connectivity index (χ1v) is 9.41. The van der Waals surface area contributed by atoms with Gasteiger partial charge in [-0.3, -0.25) is 4.79 Å². The summed E-state index contributed by atoms with van der Waals surface area (Å²) in [4.78, 5) is 12.6. The fraction of sp³-hybridized carbons (Fsp3) is 0.176. The molecule has 1 N–H and O–H groups in total. The largest absolute Gasteiger partial charge is 0.325 e. The third-order valence-corrected chi connectivity index (χ3v) is 5.29. The fourth-order valence-electron chi connectivity index (χ4n) is 2.19. The number of hydrogen-bond acceptors (Lipinski definition) is 5. The van der Waals surface area contributed by atoms with Gasteiger partial charge in [0.05, 0.1) is 10.9 Å². The molecule has 1 heterocycles. The van der Waals surface area contributed by atoms with Gasteiger partial charge in [-0.1, -0.05) is 52.8 Å². The van der Waals surface area contributed by atoms with E-state index in [2.05, 4.69) is 36.8 Å². The summed E-state index contributed by atoms with van der Waals surface area (Å²) in [6.45, 7) is 1.97. The zero-order chi connectivity index (χ0) is 17.6. The molecular formula is C17H16BrN5OS. The number of nitrogens with one attached hydrogen (secondary N) is 1. The number of anilines is 1. The maximum Gasteiger partial charge on any atom is 0.237 e. The molecule has 3 aromatic rings. The van der Waals surface area contributed by atoms with Crippen LogP contribution in [0.5, 0.6) is 0 Å². The number of benzene rings is 2. The highest BCUT2D eigenvalue weighted by Crippen LogP contribution is 2.26. The molecule has 0 aliphatic carbocycles. The molecule has 0 saturated carbocycles. The van der Waals surface area contributed by atoms with Crippen molar-refractivity contribution in [1.82, 2.24) is 20.2 Å². The topological polar surface area (TPSA) is 72.7 Å². The molecular weight excluding hydrogens is 402 g/mol. The van der Waals surface area contributed by atoms with E-state index in [-0.39, 0.29) is 11.2 Å². The molecule has 6 nitrogen and oxygen atoms in total. The lowest BCUT2D eigenvalue weighted by atomic mass is 10.3. The Balaban J connectivity index is 1.73. The van der Waals surface area contributed by atoms with Crippen LogP contribution in [0.3, 0.4) is 0 Å². The van der Waals surface area contributed by atoms with Crippen molar-refractivity contribution in [3.63, 3.8) is 0 Å². The monoisotopic (exact) mass is 417 g/mol. The van der Waals surface area contributed by atoms with E-state index in [0.717, 1.165) is 15.8 Å². The number of carbonyl (C=O) groups excluding carboxylic acids is 1. The number of rotatable bonds is 6. The van der Waals surface area contributed by atoms with Crippen LogP contribution in [0.15, 0.2) is 64.2 Å². The minimum absolute atomic E-state index is 0.0718. The second kappa shape index (κ2) is 8.26. The molecule has 2 aromatic carbocycles. The van der Waals surface area contributed by atoms with Crippen LogP contribution < -0.4 is 5.32 Å². The molecule has 128 valence electrons.